The molecule has 1 saturated heterocycles. The molecule has 2 N–H and O–H groups in total. The van der Waals surface area contributed by atoms with Gasteiger partial charge in [-0.05, 0) is 0 Å². The van der Waals surface area contributed by atoms with Gasteiger partial charge in [0.2, 0.25) is 0 Å². The molecule has 19 heavy (non-hydrogen) atoms. The number of aliphatic hydroxyl groups is 1. The molecule has 1 aliphatic rings. The molecule has 0 saturated carbocycles. The van der Waals surface area contributed by atoms with Gasteiger partial charge in [-0.25, -0.2) is 14.4 Å². The third kappa shape index (κ3) is 2.46. The average molecular weight is 278 g/mol. The van der Waals surface area contributed by atoms with Gasteiger partial charge in [-0.15, -0.1) is 0 Å². The molecular weight excluding hydrogens is 266 g/mol. The van der Waals surface area contributed by atoms with E-state index in [9.17, 15) is 9.18 Å². The first kappa shape index (κ1) is 14.6. The molecule has 0 bridgehead atoms. The molecule has 7 nitrogen and oxygen atoms in total. The summed E-state index contributed by atoms with van der Waals surface area (Å²) in [6.45, 7) is -0.239. The number of nitrogens with zero attached hydrogens (tertiary/aromatic N) is 3. The van der Waals surface area contributed by atoms with Crippen LogP contribution in [0.25, 0.3) is 11.2 Å². The van der Waals surface area contributed by atoms with E-state index < -0.39 is 18.5 Å². The molecule has 0 aromatic carbocycles. The summed E-state index contributed by atoms with van der Waals surface area (Å²) in [5, 5.41) is 8.97. The molecular formula is C10H12FN4NaO3. The number of halogens is 1. The van der Waals surface area contributed by atoms with Crippen molar-refractivity contribution in [3.63, 3.8) is 0 Å². The minimum atomic E-state index is -1.26. The minimum absolute atomic E-state index is 0. The fourth-order valence-electron chi connectivity index (χ4n) is 2.11. The van der Waals surface area contributed by atoms with Crippen molar-refractivity contribution in [2.45, 2.75) is 24.9 Å². The van der Waals surface area contributed by atoms with Crippen LogP contribution in [0.15, 0.2) is 17.4 Å². The molecule has 2 aromatic rings. The van der Waals surface area contributed by atoms with Crippen molar-refractivity contribution in [3.05, 3.63) is 23.0 Å². The van der Waals surface area contributed by atoms with Crippen LogP contribution in [0.3, 0.4) is 0 Å². The standard InChI is InChI=1S/C10H11FN4O3.Na.H/c11-6-1-5(2-16)18-10(6)15-4-14-7-8(15)12-3-13-9(7)17;;/h3-6,10,16H,1-2H2,(H,12,13,17);;/q;+1;-1/t5-,6?,10+;;/m0../s1. The van der Waals surface area contributed by atoms with E-state index in [4.69, 9.17) is 9.84 Å². The van der Waals surface area contributed by atoms with Crippen molar-refractivity contribution in [1.29, 1.82) is 0 Å². The predicted octanol–water partition coefficient (Wildman–Crippen LogP) is -3.15. The molecule has 1 fully saturated rings. The summed E-state index contributed by atoms with van der Waals surface area (Å²) in [6.07, 6.45) is -0.0331. The number of alkyl halides is 1. The van der Waals surface area contributed by atoms with Crippen LogP contribution in [-0.2, 0) is 4.74 Å². The van der Waals surface area contributed by atoms with Crippen LogP contribution in [-0.4, -0.2) is 43.5 Å². The maximum absolute atomic E-state index is 13.8. The van der Waals surface area contributed by atoms with Crippen LogP contribution in [0, 0.1) is 0 Å². The van der Waals surface area contributed by atoms with Crippen molar-refractivity contribution >= 4 is 11.2 Å². The van der Waals surface area contributed by atoms with Gasteiger partial charge in [0.05, 0.1) is 25.4 Å². The van der Waals surface area contributed by atoms with Crippen molar-refractivity contribution in [3.8, 4) is 0 Å². The second kappa shape index (κ2) is 5.68. The molecule has 2 aromatic heterocycles. The number of aliphatic hydroxyl groups excluding tert-OH is 1. The van der Waals surface area contributed by atoms with Crippen LogP contribution in [0.4, 0.5) is 4.39 Å². The zero-order chi connectivity index (χ0) is 12.7. The number of H-pyrrole nitrogens is 1. The molecule has 0 aliphatic carbocycles. The quantitative estimate of drug-likeness (QED) is 0.566. The summed E-state index contributed by atoms with van der Waals surface area (Å²) in [5.74, 6) is 0. The first-order valence-electron chi connectivity index (χ1n) is 5.51. The van der Waals surface area contributed by atoms with E-state index in [0.717, 1.165) is 0 Å². The smallest absolute Gasteiger partial charge is 1.00 e. The fourth-order valence-corrected chi connectivity index (χ4v) is 2.11. The summed E-state index contributed by atoms with van der Waals surface area (Å²) in [5.41, 5.74) is 0.0246. The summed E-state index contributed by atoms with van der Waals surface area (Å²) in [4.78, 5) is 21.7. The van der Waals surface area contributed by atoms with Gasteiger partial charge in [-0.2, -0.15) is 0 Å². The number of nitrogens with one attached hydrogen (secondary N) is 1. The Balaban J connectivity index is 0.000001000. The Labute approximate surface area is 130 Å². The summed E-state index contributed by atoms with van der Waals surface area (Å²) in [6, 6.07) is 0. The number of imidazole rings is 1. The van der Waals surface area contributed by atoms with Crippen molar-refractivity contribution in [2.24, 2.45) is 0 Å². The Morgan fingerprint density at radius 1 is 1.63 bits per heavy atom. The second-order valence-electron chi connectivity index (χ2n) is 4.14. The van der Waals surface area contributed by atoms with E-state index in [1.807, 2.05) is 0 Å². The van der Waals surface area contributed by atoms with Crippen LogP contribution in [0.2, 0.25) is 0 Å². The SMILES string of the molecule is O=c1[nH]cnc2c1ncn2[C@@H]1O[C@H](CO)CC1F.[H-].[Na+]. The van der Waals surface area contributed by atoms with Crippen molar-refractivity contribution in [2.75, 3.05) is 6.61 Å². The molecule has 3 rings (SSSR count). The molecule has 9 heteroatoms. The van der Waals surface area contributed by atoms with E-state index in [2.05, 4.69) is 15.0 Å². The van der Waals surface area contributed by atoms with Gasteiger partial charge in [0, 0.05) is 6.42 Å². The van der Waals surface area contributed by atoms with Gasteiger partial charge in [-0.3, -0.25) is 9.36 Å². The average Bonchev–Trinajstić information content (AvgIpc) is 2.93. The van der Waals surface area contributed by atoms with Crippen molar-refractivity contribution in [1.82, 2.24) is 19.5 Å². The maximum atomic E-state index is 13.8. The second-order valence-corrected chi connectivity index (χ2v) is 4.14. The van der Waals surface area contributed by atoms with Crippen molar-refractivity contribution < 1.29 is 45.2 Å². The van der Waals surface area contributed by atoms with Gasteiger partial charge < -0.3 is 16.3 Å². The number of ether oxygens (including phenoxy) is 1. The normalized spacial score (nSPS) is 26.5. The summed E-state index contributed by atoms with van der Waals surface area (Å²) in [7, 11) is 0. The Hall–Kier alpha value is -0.800. The molecule has 1 aliphatic heterocycles. The van der Waals surface area contributed by atoms with E-state index in [1.54, 1.807) is 0 Å². The van der Waals surface area contributed by atoms with Gasteiger partial charge in [0.25, 0.3) is 5.56 Å². The Morgan fingerprint density at radius 3 is 3.11 bits per heavy atom. The zero-order valence-corrected chi connectivity index (χ0v) is 12.3. The maximum Gasteiger partial charge on any atom is 1.00 e. The Bertz CT molecular complexity index is 636. The van der Waals surface area contributed by atoms with E-state index in [1.165, 1.54) is 17.2 Å². The van der Waals surface area contributed by atoms with E-state index in [0.29, 0.717) is 0 Å². The van der Waals surface area contributed by atoms with E-state index in [-0.39, 0.29) is 60.7 Å². The first-order valence-corrected chi connectivity index (χ1v) is 5.51. The Kier molecular flexibility index (Phi) is 4.36. The third-order valence-electron chi connectivity index (χ3n) is 2.97. The number of aromatic amines is 1. The van der Waals surface area contributed by atoms with Gasteiger partial charge in [0.15, 0.2) is 17.4 Å². The summed E-state index contributed by atoms with van der Waals surface area (Å²) < 4.78 is 20.6. The van der Waals surface area contributed by atoms with Gasteiger partial charge in [0.1, 0.15) is 6.17 Å². The largest absolute Gasteiger partial charge is 1.00 e. The van der Waals surface area contributed by atoms with Gasteiger partial charge in [-0.1, -0.05) is 0 Å². The molecule has 0 amide bonds. The topological polar surface area (TPSA) is 93.0 Å². The fraction of sp³-hybridized carbons (Fsp3) is 0.500. The predicted molar refractivity (Wildman–Crippen MR) is 59.8 cm³/mol. The molecule has 3 atom stereocenters. The molecule has 0 spiro atoms. The van der Waals surface area contributed by atoms with E-state index >= 15 is 0 Å². The number of aromatic nitrogens is 4. The number of hydrogen-bond donors (Lipinski definition) is 2. The summed E-state index contributed by atoms with van der Waals surface area (Å²) >= 11 is 0. The van der Waals surface area contributed by atoms with Gasteiger partial charge >= 0.3 is 29.6 Å². The molecule has 98 valence electrons. The van der Waals surface area contributed by atoms with Crippen LogP contribution in [0.1, 0.15) is 14.1 Å². The molecule has 1 unspecified atom stereocenters. The number of fused-ring (bicyclic) bond motifs is 1. The monoisotopic (exact) mass is 278 g/mol. The van der Waals surface area contributed by atoms with Crippen LogP contribution >= 0.6 is 0 Å². The molecule has 3 heterocycles. The zero-order valence-electron chi connectivity index (χ0n) is 11.3. The Morgan fingerprint density at radius 2 is 2.42 bits per heavy atom. The third-order valence-corrected chi connectivity index (χ3v) is 2.97. The minimum Gasteiger partial charge on any atom is -1.00 e. The van der Waals surface area contributed by atoms with Crippen LogP contribution in [0.5, 0.6) is 0 Å². The first-order chi connectivity index (χ1) is 8.70. The van der Waals surface area contributed by atoms with Crippen LogP contribution < -0.4 is 35.1 Å². The number of hydrogen-bond acceptors (Lipinski definition) is 5. The molecule has 0 radical (unpaired) electrons. The number of rotatable bonds is 2.